The lowest BCUT2D eigenvalue weighted by atomic mass is 10.3. The molecule has 0 amide bonds. The molecule has 1 aromatic heterocycles. The van der Waals surface area contributed by atoms with Gasteiger partial charge in [-0.15, -0.1) is 0 Å². The molecule has 82 valence electrons. The van der Waals surface area contributed by atoms with Gasteiger partial charge in [-0.1, -0.05) is 0 Å². The first-order chi connectivity index (χ1) is 7.35. The summed E-state index contributed by atoms with van der Waals surface area (Å²) < 4.78 is 5.08. The van der Waals surface area contributed by atoms with Gasteiger partial charge in [-0.2, -0.15) is 0 Å². The van der Waals surface area contributed by atoms with Crippen LogP contribution in [0.3, 0.4) is 0 Å². The van der Waals surface area contributed by atoms with Crippen LogP contribution in [0.1, 0.15) is 12.8 Å². The lowest BCUT2D eigenvalue weighted by molar-refractivity contribution is 0.301. The van der Waals surface area contributed by atoms with E-state index in [-0.39, 0.29) is 6.61 Å². The molecule has 1 aliphatic rings. The molecule has 0 bridgehead atoms. The van der Waals surface area contributed by atoms with Crippen LogP contribution in [0.5, 0.6) is 5.88 Å². The highest BCUT2D eigenvalue weighted by Crippen LogP contribution is 2.32. The normalized spacial score (nSPS) is 15.1. The van der Waals surface area contributed by atoms with Crippen molar-refractivity contribution in [3.8, 4) is 5.88 Å². The molecule has 1 N–H and O–H groups in total. The number of aromatic nitrogens is 1. The van der Waals surface area contributed by atoms with Crippen LogP contribution in [0.4, 0.5) is 5.69 Å². The highest BCUT2D eigenvalue weighted by molar-refractivity contribution is 5.50. The predicted molar refractivity (Wildman–Crippen MR) is 58.2 cm³/mol. The number of pyridine rings is 1. The van der Waals surface area contributed by atoms with Crippen molar-refractivity contribution in [2.45, 2.75) is 18.9 Å². The van der Waals surface area contributed by atoms with E-state index in [0.717, 1.165) is 5.69 Å². The summed E-state index contributed by atoms with van der Waals surface area (Å²) in [5, 5.41) is 9.01. The predicted octanol–water partition coefficient (Wildman–Crippen LogP) is 1.05. The molecular weight excluding hydrogens is 192 g/mol. The average molecular weight is 208 g/mol. The van der Waals surface area contributed by atoms with E-state index < -0.39 is 0 Å². The maximum atomic E-state index is 9.01. The Morgan fingerprint density at radius 1 is 1.60 bits per heavy atom. The van der Waals surface area contributed by atoms with E-state index in [1.807, 2.05) is 12.1 Å². The van der Waals surface area contributed by atoms with Gasteiger partial charge in [-0.25, -0.2) is 4.98 Å². The van der Waals surface area contributed by atoms with Crippen LogP contribution >= 0.6 is 0 Å². The standard InChI is InChI=1S/C11H16N2O2/c1-15-11-8-10(4-5-12-11)13(6-7-14)9-2-3-9/h4-5,8-9,14H,2-3,6-7H2,1H3. The fourth-order valence-corrected chi connectivity index (χ4v) is 1.71. The fraction of sp³-hybridized carbons (Fsp3) is 0.545. The number of rotatable bonds is 5. The quantitative estimate of drug-likeness (QED) is 0.785. The highest BCUT2D eigenvalue weighted by Gasteiger charge is 2.28. The number of anilines is 1. The third-order valence-corrected chi connectivity index (χ3v) is 2.59. The molecule has 0 saturated heterocycles. The van der Waals surface area contributed by atoms with Crippen LogP contribution in [0, 0.1) is 0 Å². The molecule has 0 spiro atoms. The molecule has 0 aromatic carbocycles. The third kappa shape index (κ3) is 2.39. The first kappa shape index (κ1) is 10.2. The summed E-state index contributed by atoms with van der Waals surface area (Å²) in [5.74, 6) is 0.621. The first-order valence-corrected chi connectivity index (χ1v) is 5.22. The number of hydrogen-bond donors (Lipinski definition) is 1. The number of ether oxygens (including phenoxy) is 1. The molecule has 4 heteroatoms. The van der Waals surface area contributed by atoms with Crippen LogP contribution in [0.25, 0.3) is 0 Å². The topological polar surface area (TPSA) is 45.6 Å². The maximum absolute atomic E-state index is 9.01. The Hall–Kier alpha value is -1.29. The molecular formula is C11H16N2O2. The lowest BCUT2D eigenvalue weighted by Gasteiger charge is -2.23. The molecule has 1 heterocycles. The molecule has 15 heavy (non-hydrogen) atoms. The zero-order valence-electron chi connectivity index (χ0n) is 8.89. The minimum atomic E-state index is 0.182. The Morgan fingerprint density at radius 2 is 2.40 bits per heavy atom. The Labute approximate surface area is 89.5 Å². The van der Waals surface area contributed by atoms with Gasteiger partial charge in [0.15, 0.2) is 0 Å². The number of methoxy groups -OCH3 is 1. The van der Waals surface area contributed by atoms with E-state index in [1.165, 1.54) is 12.8 Å². The van der Waals surface area contributed by atoms with Crippen LogP contribution < -0.4 is 9.64 Å². The van der Waals surface area contributed by atoms with Crippen molar-refractivity contribution in [2.75, 3.05) is 25.2 Å². The second kappa shape index (κ2) is 4.49. The molecule has 0 radical (unpaired) electrons. The second-order valence-corrected chi connectivity index (χ2v) is 3.70. The summed E-state index contributed by atoms with van der Waals surface area (Å²) in [6.45, 7) is 0.860. The summed E-state index contributed by atoms with van der Waals surface area (Å²) in [5.41, 5.74) is 1.08. The second-order valence-electron chi connectivity index (χ2n) is 3.70. The Kier molecular flexibility index (Phi) is 3.06. The zero-order chi connectivity index (χ0) is 10.7. The minimum absolute atomic E-state index is 0.182. The Bertz CT molecular complexity index is 326. The van der Waals surface area contributed by atoms with Crippen LogP contribution in [-0.2, 0) is 0 Å². The summed E-state index contributed by atoms with van der Waals surface area (Å²) in [6.07, 6.45) is 4.16. The smallest absolute Gasteiger partial charge is 0.214 e. The Balaban J connectivity index is 2.16. The molecule has 1 saturated carbocycles. The molecule has 4 nitrogen and oxygen atoms in total. The van der Waals surface area contributed by atoms with E-state index >= 15 is 0 Å². The van der Waals surface area contributed by atoms with Crippen molar-refractivity contribution in [3.05, 3.63) is 18.3 Å². The van der Waals surface area contributed by atoms with Gasteiger partial charge < -0.3 is 14.7 Å². The summed E-state index contributed by atoms with van der Waals surface area (Å²) in [4.78, 5) is 6.28. The van der Waals surface area contributed by atoms with Crippen molar-refractivity contribution >= 4 is 5.69 Å². The summed E-state index contributed by atoms with van der Waals surface area (Å²) >= 11 is 0. The molecule has 1 aromatic rings. The van der Waals surface area contributed by atoms with Gasteiger partial charge in [0.05, 0.1) is 13.7 Å². The molecule has 0 unspecified atom stereocenters. The molecule has 0 aliphatic heterocycles. The van der Waals surface area contributed by atoms with Crippen molar-refractivity contribution < 1.29 is 9.84 Å². The SMILES string of the molecule is COc1cc(N(CCO)C2CC2)ccn1. The molecule has 1 fully saturated rings. The van der Waals surface area contributed by atoms with Crippen LogP contribution in [0.2, 0.25) is 0 Å². The third-order valence-electron chi connectivity index (χ3n) is 2.59. The van der Waals surface area contributed by atoms with E-state index in [9.17, 15) is 0 Å². The van der Waals surface area contributed by atoms with Gasteiger partial charge >= 0.3 is 0 Å². The van der Waals surface area contributed by atoms with Crippen LogP contribution in [-0.4, -0.2) is 36.4 Å². The van der Waals surface area contributed by atoms with Crippen molar-refractivity contribution in [1.29, 1.82) is 0 Å². The number of hydrogen-bond acceptors (Lipinski definition) is 4. The maximum Gasteiger partial charge on any atom is 0.214 e. The summed E-state index contributed by atoms with van der Waals surface area (Å²) in [7, 11) is 1.61. The Morgan fingerprint density at radius 3 is 3.00 bits per heavy atom. The number of nitrogens with zero attached hydrogens (tertiary/aromatic N) is 2. The first-order valence-electron chi connectivity index (χ1n) is 5.22. The van der Waals surface area contributed by atoms with Gasteiger partial charge in [0.2, 0.25) is 5.88 Å². The van der Waals surface area contributed by atoms with Gasteiger partial charge in [-0.3, -0.25) is 0 Å². The van der Waals surface area contributed by atoms with E-state index in [1.54, 1.807) is 13.3 Å². The molecule has 2 rings (SSSR count). The molecule has 1 aliphatic carbocycles. The van der Waals surface area contributed by atoms with Gasteiger partial charge in [0.25, 0.3) is 0 Å². The zero-order valence-corrected chi connectivity index (χ0v) is 8.89. The molecule has 0 atom stereocenters. The van der Waals surface area contributed by atoms with Crippen molar-refractivity contribution in [3.63, 3.8) is 0 Å². The summed E-state index contributed by atoms with van der Waals surface area (Å²) in [6, 6.07) is 4.45. The lowest BCUT2D eigenvalue weighted by Crippen LogP contribution is -2.28. The van der Waals surface area contributed by atoms with Gasteiger partial charge in [-0.05, 0) is 18.9 Å². The van der Waals surface area contributed by atoms with Gasteiger partial charge in [0.1, 0.15) is 0 Å². The largest absolute Gasteiger partial charge is 0.481 e. The van der Waals surface area contributed by atoms with E-state index in [0.29, 0.717) is 18.5 Å². The minimum Gasteiger partial charge on any atom is -0.481 e. The van der Waals surface area contributed by atoms with E-state index in [4.69, 9.17) is 9.84 Å². The average Bonchev–Trinajstić information content (AvgIpc) is 3.10. The highest BCUT2D eigenvalue weighted by atomic mass is 16.5. The fourth-order valence-electron chi connectivity index (χ4n) is 1.71. The van der Waals surface area contributed by atoms with E-state index in [2.05, 4.69) is 9.88 Å². The van der Waals surface area contributed by atoms with Crippen molar-refractivity contribution in [1.82, 2.24) is 4.98 Å². The number of aliphatic hydroxyl groups excluding tert-OH is 1. The number of aliphatic hydroxyl groups is 1. The van der Waals surface area contributed by atoms with Gasteiger partial charge in [0, 0.05) is 30.5 Å². The van der Waals surface area contributed by atoms with Crippen molar-refractivity contribution in [2.24, 2.45) is 0 Å². The van der Waals surface area contributed by atoms with Crippen LogP contribution in [0.15, 0.2) is 18.3 Å². The monoisotopic (exact) mass is 208 g/mol.